The predicted molar refractivity (Wildman–Crippen MR) is 73.2 cm³/mol. The number of hydrogen-bond acceptors (Lipinski definition) is 3. The van der Waals surface area contributed by atoms with Crippen molar-refractivity contribution in [3.05, 3.63) is 35.9 Å². The number of carbonyl (C=O) groups excluding carboxylic acids is 1. The lowest BCUT2D eigenvalue weighted by molar-refractivity contribution is -0.135. The number of carbonyl (C=O) groups is 1. The number of nitrogens with zero attached hydrogens (tertiary/aromatic N) is 2. The zero-order chi connectivity index (χ0) is 14.5. The third-order valence-corrected chi connectivity index (χ3v) is 2.74. The van der Waals surface area contributed by atoms with Gasteiger partial charge in [-0.3, -0.25) is 4.79 Å². The number of rotatable bonds is 5. The number of benzene rings is 1. The van der Waals surface area contributed by atoms with Gasteiger partial charge < -0.3 is 10.0 Å². The van der Waals surface area contributed by atoms with Crippen molar-refractivity contribution < 1.29 is 9.90 Å². The standard InChI is InChI=1S/C15H20N2O2/c1-15(2,19)11-17(3)14(18)13(10-16)9-12-7-5-4-6-8-12/h4-8,13,19H,9,11H2,1-3H3. The van der Waals surface area contributed by atoms with Gasteiger partial charge in [0.05, 0.1) is 11.7 Å². The first-order valence-electron chi connectivity index (χ1n) is 6.24. The second-order valence-electron chi connectivity index (χ2n) is 5.38. The van der Waals surface area contributed by atoms with E-state index < -0.39 is 11.5 Å². The summed E-state index contributed by atoms with van der Waals surface area (Å²) in [5.74, 6) is -0.969. The van der Waals surface area contributed by atoms with Gasteiger partial charge in [-0.2, -0.15) is 5.26 Å². The Balaban J connectivity index is 2.70. The molecule has 0 aromatic heterocycles. The lowest BCUT2D eigenvalue weighted by Crippen LogP contribution is -2.42. The fourth-order valence-corrected chi connectivity index (χ4v) is 1.96. The molecule has 0 saturated carbocycles. The van der Waals surface area contributed by atoms with E-state index in [-0.39, 0.29) is 12.5 Å². The van der Waals surface area contributed by atoms with Gasteiger partial charge in [0.25, 0.3) is 0 Å². The largest absolute Gasteiger partial charge is 0.389 e. The first-order valence-corrected chi connectivity index (χ1v) is 6.24. The van der Waals surface area contributed by atoms with Crippen LogP contribution in [0.4, 0.5) is 0 Å². The van der Waals surface area contributed by atoms with Crippen LogP contribution in [0.1, 0.15) is 19.4 Å². The maximum absolute atomic E-state index is 12.1. The van der Waals surface area contributed by atoms with Crippen LogP contribution in [0.3, 0.4) is 0 Å². The summed E-state index contributed by atoms with van der Waals surface area (Å²) in [4.78, 5) is 13.6. The van der Waals surface area contributed by atoms with Gasteiger partial charge in [-0.1, -0.05) is 30.3 Å². The molecule has 1 aromatic rings. The fourth-order valence-electron chi connectivity index (χ4n) is 1.96. The Morgan fingerprint density at radius 2 is 2.00 bits per heavy atom. The van der Waals surface area contributed by atoms with Gasteiger partial charge in [-0.15, -0.1) is 0 Å². The van der Waals surface area contributed by atoms with Crippen LogP contribution >= 0.6 is 0 Å². The van der Waals surface area contributed by atoms with Gasteiger partial charge in [0.15, 0.2) is 0 Å². The Labute approximate surface area is 114 Å². The Hall–Kier alpha value is -1.86. The molecule has 0 heterocycles. The van der Waals surface area contributed by atoms with Crippen molar-refractivity contribution in [1.29, 1.82) is 5.26 Å². The molecule has 0 fully saturated rings. The molecule has 1 rings (SSSR count). The van der Waals surface area contributed by atoms with E-state index in [9.17, 15) is 9.90 Å². The van der Waals surface area contributed by atoms with Crippen molar-refractivity contribution >= 4 is 5.91 Å². The molecule has 0 spiro atoms. The van der Waals surface area contributed by atoms with Crippen LogP contribution in [-0.4, -0.2) is 35.1 Å². The highest BCUT2D eigenvalue weighted by molar-refractivity contribution is 5.81. The van der Waals surface area contributed by atoms with Crippen LogP contribution in [0.5, 0.6) is 0 Å². The van der Waals surface area contributed by atoms with Crippen LogP contribution in [0.2, 0.25) is 0 Å². The Kier molecular flexibility index (Phi) is 5.08. The molecule has 4 nitrogen and oxygen atoms in total. The van der Waals surface area contributed by atoms with Crippen LogP contribution < -0.4 is 0 Å². The maximum Gasteiger partial charge on any atom is 0.240 e. The zero-order valence-electron chi connectivity index (χ0n) is 11.6. The molecule has 0 aliphatic rings. The van der Waals surface area contributed by atoms with Crippen LogP contribution in [0.25, 0.3) is 0 Å². The minimum absolute atomic E-state index is 0.207. The van der Waals surface area contributed by atoms with Crippen molar-refractivity contribution in [3.8, 4) is 6.07 Å². The van der Waals surface area contributed by atoms with Crippen molar-refractivity contribution in [2.24, 2.45) is 5.92 Å². The molecule has 0 aliphatic carbocycles. The molecule has 1 amide bonds. The molecule has 4 heteroatoms. The molecule has 0 saturated heterocycles. The minimum Gasteiger partial charge on any atom is -0.389 e. The summed E-state index contributed by atoms with van der Waals surface area (Å²) in [7, 11) is 1.61. The van der Waals surface area contributed by atoms with E-state index in [1.54, 1.807) is 20.9 Å². The Bertz CT molecular complexity index is 457. The summed E-state index contributed by atoms with van der Waals surface area (Å²) >= 11 is 0. The normalized spacial score (nSPS) is 12.6. The van der Waals surface area contributed by atoms with Crippen molar-refractivity contribution in [1.82, 2.24) is 4.90 Å². The predicted octanol–water partition coefficient (Wildman–Crippen LogP) is 1.60. The van der Waals surface area contributed by atoms with Crippen molar-refractivity contribution in [2.45, 2.75) is 25.9 Å². The topological polar surface area (TPSA) is 64.3 Å². The highest BCUT2D eigenvalue weighted by atomic mass is 16.3. The molecular formula is C15H20N2O2. The van der Waals surface area contributed by atoms with Gasteiger partial charge in [-0.25, -0.2) is 0 Å². The summed E-state index contributed by atoms with van der Waals surface area (Å²) in [6, 6.07) is 11.5. The van der Waals surface area contributed by atoms with E-state index >= 15 is 0 Å². The monoisotopic (exact) mass is 260 g/mol. The van der Waals surface area contributed by atoms with Gasteiger partial charge in [-0.05, 0) is 25.8 Å². The van der Waals surface area contributed by atoms with Gasteiger partial charge in [0.1, 0.15) is 5.92 Å². The molecule has 0 bridgehead atoms. The summed E-state index contributed by atoms with van der Waals surface area (Å²) in [6.07, 6.45) is 0.395. The summed E-state index contributed by atoms with van der Waals surface area (Å²) in [5.41, 5.74) is -0.00369. The smallest absolute Gasteiger partial charge is 0.240 e. The number of hydrogen-bond donors (Lipinski definition) is 1. The molecular weight excluding hydrogens is 240 g/mol. The molecule has 0 aliphatic heterocycles. The number of aliphatic hydroxyl groups is 1. The molecule has 1 atom stereocenters. The molecule has 1 aromatic carbocycles. The van der Waals surface area contributed by atoms with E-state index in [0.717, 1.165) is 5.56 Å². The third-order valence-electron chi connectivity index (χ3n) is 2.74. The summed E-state index contributed by atoms with van der Waals surface area (Å²) in [5, 5.41) is 18.8. The van der Waals surface area contributed by atoms with E-state index in [0.29, 0.717) is 6.42 Å². The molecule has 0 radical (unpaired) electrons. The number of amides is 1. The van der Waals surface area contributed by atoms with Gasteiger partial charge in [0, 0.05) is 13.6 Å². The van der Waals surface area contributed by atoms with E-state index in [2.05, 4.69) is 0 Å². The van der Waals surface area contributed by atoms with E-state index in [1.165, 1.54) is 4.90 Å². The molecule has 102 valence electrons. The Morgan fingerprint density at radius 1 is 1.42 bits per heavy atom. The second kappa shape index (κ2) is 6.35. The Morgan fingerprint density at radius 3 is 2.47 bits per heavy atom. The van der Waals surface area contributed by atoms with Gasteiger partial charge in [0.2, 0.25) is 5.91 Å². The average Bonchev–Trinajstić information content (AvgIpc) is 2.34. The van der Waals surface area contributed by atoms with Crippen molar-refractivity contribution in [2.75, 3.05) is 13.6 Å². The summed E-state index contributed by atoms with van der Waals surface area (Å²) in [6.45, 7) is 3.48. The highest BCUT2D eigenvalue weighted by Crippen LogP contribution is 2.12. The number of nitriles is 1. The minimum atomic E-state index is -0.961. The van der Waals surface area contributed by atoms with E-state index in [4.69, 9.17) is 5.26 Å². The van der Waals surface area contributed by atoms with Crippen LogP contribution in [0, 0.1) is 17.2 Å². The van der Waals surface area contributed by atoms with Gasteiger partial charge >= 0.3 is 0 Å². The first kappa shape index (κ1) is 15.2. The average molecular weight is 260 g/mol. The third kappa shape index (κ3) is 5.11. The van der Waals surface area contributed by atoms with Crippen LogP contribution in [-0.2, 0) is 11.2 Å². The number of likely N-dealkylation sites (N-methyl/N-ethyl adjacent to an activating group) is 1. The highest BCUT2D eigenvalue weighted by Gasteiger charge is 2.25. The van der Waals surface area contributed by atoms with Crippen LogP contribution in [0.15, 0.2) is 30.3 Å². The molecule has 19 heavy (non-hydrogen) atoms. The van der Waals surface area contributed by atoms with E-state index in [1.807, 2.05) is 36.4 Å². The zero-order valence-corrected chi connectivity index (χ0v) is 11.6. The SMILES string of the molecule is CN(CC(C)(C)O)C(=O)C(C#N)Cc1ccccc1. The quantitative estimate of drug-likeness (QED) is 0.874. The first-order chi connectivity index (χ1) is 8.83. The lowest BCUT2D eigenvalue weighted by atomic mass is 9.99. The maximum atomic E-state index is 12.1. The summed E-state index contributed by atoms with van der Waals surface area (Å²) < 4.78 is 0. The lowest BCUT2D eigenvalue weighted by Gasteiger charge is -2.27. The second-order valence-corrected chi connectivity index (χ2v) is 5.38. The van der Waals surface area contributed by atoms with Crippen molar-refractivity contribution in [3.63, 3.8) is 0 Å². The fraction of sp³-hybridized carbons (Fsp3) is 0.467. The molecule has 1 N–H and O–H groups in total. The molecule has 1 unspecified atom stereocenters.